The van der Waals surface area contributed by atoms with E-state index in [2.05, 4.69) is 4.98 Å². The number of hydrogen-bond donors (Lipinski definition) is 0. The summed E-state index contributed by atoms with van der Waals surface area (Å²) in [7, 11) is 1.00. The lowest BCUT2D eigenvalue weighted by atomic mass is 10.3. The zero-order chi connectivity index (χ0) is 9.35. The van der Waals surface area contributed by atoms with E-state index < -0.39 is 20.0 Å². The lowest BCUT2D eigenvalue weighted by molar-refractivity contribution is 0.554. The standard InChI is InChI=1S/C6H5ClFNO2S/c1-4-2-3-5(9-6(4)8)12(7,10)11/h2-3H,1H3. The molecule has 0 aliphatic carbocycles. The first-order chi connectivity index (χ1) is 5.41. The molecule has 1 rings (SSSR count). The molecule has 0 unspecified atom stereocenters. The Morgan fingerprint density at radius 2 is 2.08 bits per heavy atom. The molecule has 0 aromatic carbocycles. The summed E-state index contributed by atoms with van der Waals surface area (Å²) >= 11 is 0. The fraction of sp³-hybridized carbons (Fsp3) is 0.167. The number of nitrogens with zero attached hydrogens (tertiary/aromatic N) is 1. The minimum Gasteiger partial charge on any atom is -0.206 e. The Hall–Kier alpha value is -0.680. The molecule has 6 heteroatoms. The van der Waals surface area contributed by atoms with Gasteiger partial charge >= 0.3 is 0 Å². The smallest absolute Gasteiger partial charge is 0.206 e. The van der Waals surface area contributed by atoms with Crippen molar-refractivity contribution in [3.05, 3.63) is 23.6 Å². The van der Waals surface area contributed by atoms with Gasteiger partial charge in [-0.05, 0) is 13.0 Å². The number of aryl methyl sites for hydroxylation is 1. The fourth-order valence-corrected chi connectivity index (χ4v) is 1.30. The van der Waals surface area contributed by atoms with Gasteiger partial charge in [0, 0.05) is 16.2 Å². The monoisotopic (exact) mass is 209 g/mol. The van der Waals surface area contributed by atoms with Gasteiger partial charge < -0.3 is 0 Å². The van der Waals surface area contributed by atoms with Crippen LogP contribution in [0.2, 0.25) is 0 Å². The van der Waals surface area contributed by atoms with Gasteiger partial charge in [-0.3, -0.25) is 0 Å². The molecule has 1 aromatic heterocycles. The third-order valence-corrected chi connectivity index (χ3v) is 2.46. The van der Waals surface area contributed by atoms with Crippen molar-refractivity contribution in [1.29, 1.82) is 0 Å². The molecule has 0 fully saturated rings. The molecule has 0 aliphatic rings. The first-order valence-electron chi connectivity index (χ1n) is 2.99. The SMILES string of the molecule is Cc1ccc(S(=O)(=O)Cl)nc1F. The van der Waals surface area contributed by atoms with E-state index in [1.807, 2.05) is 0 Å². The van der Waals surface area contributed by atoms with Crippen molar-refractivity contribution in [2.45, 2.75) is 11.9 Å². The summed E-state index contributed by atoms with van der Waals surface area (Å²) < 4.78 is 33.9. The summed E-state index contributed by atoms with van der Waals surface area (Å²) in [6.07, 6.45) is 0. The zero-order valence-corrected chi connectivity index (χ0v) is 7.66. The maximum absolute atomic E-state index is 12.7. The number of hydrogen-bond acceptors (Lipinski definition) is 3. The highest BCUT2D eigenvalue weighted by molar-refractivity contribution is 8.13. The van der Waals surface area contributed by atoms with Crippen molar-refractivity contribution >= 4 is 19.7 Å². The van der Waals surface area contributed by atoms with E-state index in [0.717, 1.165) is 6.07 Å². The summed E-state index contributed by atoms with van der Waals surface area (Å²) in [4.78, 5) is 3.16. The highest BCUT2D eigenvalue weighted by Crippen LogP contribution is 2.13. The highest BCUT2D eigenvalue weighted by Gasteiger charge is 2.13. The minimum atomic E-state index is -3.92. The van der Waals surface area contributed by atoms with Crippen molar-refractivity contribution < 1.29 is 12.8 Å². The van der Waals surface area contributed by atoms with Crippen molar-refractivity contribution in [3.8, 4) is 0 Å². The van der Waals surface area contributed by atoms with Gasteiger partial charge in [-0.25, -0.2) is 13.4 Å². The van der Waals surface area contributed by atoms with E-state index >= 15 is 0 Å². The third-order valence-electron chi connectivity index (χ3n) is 1.26. The van der Waals surface area contributed by atoms with E-state index in [0.29, 0.717) is 0 Å². The molecule has 0 radical (unpaired) electrons. The molecule has 0 aliphatic heterocycles. The molecule has 1 heterocycles. The van der Waals surface area contributed by atoms with Crippen molar-refractivity contribution in [2.24, 2.45) is 0 Å². The van der Waals surface area contributed by atoms with Gasteiger partial charge in [-0.15, -0.1) is 0 Å². The Morgan fingerprint density at radius 1 is 1.50 bits per heavy atom. The lowest BCUT2D eigenvalue weighted by Gasteiger charge is -1.96. The molecule has 0 saturated heterocycles. The molecule has 12 heavy (non-hydrogen) atoms. The average molecular weight is 210 g/mol. The van der Waals surface area contributed by atoms with Crippen LogP contribution in [0.15, 0.2) is 17.2 Å². The largest absolute Gasteiger partial charge is 0.278 e. The van der Waals surface area contributed by atoms with Gasteiger partial charge in [-0.1, -0.05) is 6.07 Å². The van der Waals surface area contributed by atoms with Crippen LogP contribution < -0.4 is 0 Å². The van der Waals surface area contributed by atoms with E-state index in [1.165, 1.54) is 13.0 Å². The predicted octanol–water partition coefficient (Wildman–Crippen LogP) is 1.46. The van der Waals surface area contributed by atoms with E-state index in [-0.39, 0.29) is 5.56 Å². The predicted molar refractivity (Wildman–Crippen MR) is 42.0 cm³/mol. The number of aromatic nitrogens is 1. The van der Waals surface area contributed by atoms with Crippen LogP contribution in [0.5, 0.6) is 0 Å². The molecule has 1 aromatic rings. The Morgan fingerprint density at radius 3 is 2.50 bits per heavy atom. The zero-order valence-electron chi connectivity index (χ0n) is 6.08. The second-order valence-electron chi connectivity index (χ2n) is 2.20. The van der Waals surface area contributed by atoms with Crippen molar-refractivity contribution in [2.75, 3.05) is 0 Å². The van der Waals surface area contributed by atoms with Gasteiger partial charge in [0.15, 0.2) is 5.03 Å². The van der Waals surface area contributed by atoms with Crippen LogP contribution in [0.25, 0.3) is 0 Å². The van der Waals surface area contributed by atoms with Crippen LogP contribution in [-0.2, 0) is 9.05 Å². The average Bonchev–Trinajstić information content (AvgIpc) is 1.92. The molecule has 66 valence electrons. The van der Waals surface area contributed by atoms with Crippen LogP contribution in [0, 0.1) is 12.9 Å². The van der Waals surface area contributed by atoms with E-state index in [4.69, 9.17) is 10.7 Å². The van der Waals surface area contributed by atoms with E-state index in [9.17, 15) is 12.8 Å². The lowest BCUT2D eigenvalue weighted by Crippen LogP contribution is -1.98. The molecule has 0 amide bonds. The normalized spacial score (nSPS) is 11.6. The maximum Gasteiger partial charge on any atom is 0.278 e. The van der Waals surface area contributed by atoms with Gasteiger partial charge in [0.25, 0.3) is 9.05 Å². The topological polar surface area (TPSA) is 47.0 Å². The van der Waals surface area contributed by atoms with Crippen molar-refractivity contribution in [3.63, 3.8) is 0 Å². The molecule has 0 atom stereocenters. The molecular formula is C6H5ClFNO2S. The summed E-state index contributed by atoms with van der Waals surface area (Å²) in [5, 5.41) is -0.465. The molecule has 0 spiro atoms. The number of pyridine rings is 1. The van der Waals surface area contributed by atoms with Gasteiger partial charge in [0.1, 0.15) is 0 Å². The van der Waals surface area contributed by atoms with Crippen molar-refractivity contribution in [1.82, 2.24) is 4.98 Å². The van der Waals surface area contributed by atoms with Gasteiger partial charge in [-0.2, -0.15) is 4.39 Å². The summed E-state index contributed by atoms with van der Waals surface area (Å²) in [5.41, 5.74) is 0.277. The first kappa shape index (κ1) is 9.41. The van der Waals surface area contributed by atoms with Gasteiger partial charge in [0.2, 0.25) is 5.95 Å². The van der Waals surface area contributed by atoms with Crippen LogP contribution >= 0.6 is 10.7 Å². The first-order valence-corrected chi connectivity index (χ1v) is 5.30. The quantitative estimate of drug-likeness (QED) is 0.520. The second kappa shape index (κ2) is 2.99. The highest BCUT2D eigenvalue weighted by atomic mass is 35.7. The van der Waals surface area contributed by atoms with Gasteiger partial charge in [0.05, 0.1) is 0 Å². The number of halogens is 2. The van der Waals surface area contributed by atoms with Crippen LogP contribution in [0.1, 0.15) is 5.56 Å². The Balaban J connectivity index is 3.33. The summed E-state index contributed by atoms with van der Waals surface area (Å²) in [5.74, 6) is -0.822. The summed E-state index contributed by atoms with van der Waals surface area (Å²) in [6.45, 7) is 1.48. The van der Waals surface area contributed by atoms with Crippen LogP contribution in [0.4, 0.5) is 4.39 Å². The Labute approximate surface area is 73.6 Å². The summed E-state index contributed by atoms with van der Waals surface area (Å²) in [6, 6.07) is 2.46. The molecular weight excluding hydrogens is 205 g/mol. The molecule has 0 bridgehead atoms. The number of rotatable bonds is 1. The van der Waals surface area contributed by atoms with E-state index in [1.54, 1.807) is 0 Å². The Kier molecular flexibility index (Phi) is 2.34. The molecule has 0 N–H and O–H groups in total. The van der Waals surface area contributed by atoms with Crippen LogP contribution in [0.3, 0.4) is 0 Å². The minimum absolute atomic E-state index is 0.277. The van der Waals surface area contributed by atoms with Crippen LogP contribution in [-0.4, -0.2) is 13.4 Å². The molecule has 0 saturated carbocycles. The second-order valence-corrected chi connectivity index (χ2v) is 4.71. The third kappa shape index (κ3) is 1.92. The maximum atomic E-state index is 12.7. The molecule has 3 nitrogen and oxygen atoms in total. The fourth-order valence-electron chi connectivity index (χ4n) is 0.623. The Bertz CT molecular complexity index is 404.